The third-order valence-electron chi connectivity index (χ3n) is 4.18. The quantitative estimate of drug-likeness (QED) is 0.572. The van der Waals surface area contributed by atoms with Crippen molar-refractivity contribution in [1.82, 2.24) is 4.98 Å². The second-order valence-corrected chi connectivity index (χ2v) is 7.63. The molecule has 3 rings (SSSR count). The van der Waals surface area contributed by atoms with Gasteiger partial charge in [-0.25, -0.2) is 9.78 Å². The van der Waals surface area contributed by atoms with Crippen LogP contribution in [0.3, 0.4) is 0 Å². The van der Waals surface area contributed by atoms with Crippen molar-refractivity contribution in [2.45, 2.75) is 13.3 Å². The van der Waals surface area contributed by atoms with E-state index in [0.717, 1.165) is 11.3 Å². The molecular weight excluding hydrogens is 402 g/mol. The number of esters is 1. The first-order chi connectivity index (χ1) is 13.4. The summed E-state index contributed by atoms with van der Waals surface area (Å²) in [6, 6.07) is 6.88. The third kappa shape index (κ3) is 4.40. The first-order valence-corrected chi connectivity index (χ1v) is 9.70. The Balaban J connectivity index is 1.65. The number of amides is 2. The molecule has 0 bridgehead atoms. The largest absolute Gasteiger partial charge is 0.457 e. The van der Waals surface area contributed by atoms with E-state index in [1.165, 1.54) is 6.08 Å². The molecule has 146 valence electrons. The minimum Gasteiger partial charge on any atom is -0.457 e. The number of anilines is 2. The first kappa shape index (κ1) is 20.0. The maximum Gasteiger partial charge on any atom is 0.350 e. The highest BCUT2D eigenvalue weighted by Crippen LogP contribution is 2.28. The minimum atomic E-state index is -0.514. The predicted octanol–water partition coefficient (Wildman–Crippen LogP) is 3.44. The zero-order valence-corrected chi connectivity index (χ0v) is 16.7. The van der Waals surface area contributed by atoms with Gasteiger partial charge >= 0.3 is 5.97 Å². The number of ether oxygens (including phenoxy) is 1. The minimum absolute atomic E-state index is 0.0998. The molecule has 1 aliphatic rings. The van der Waals surface area contributed by atoms with E-state index >= 15 is 0 Å². The van der Waals surface area contributed by atoms with Gasteiger partial charge in [-0.3, -0.25) is 9.59 Å². The van der Waals surface area contributed by atoms with Crippen LogP contribution in [0.2, 0.25) is 5.02 Å². The van der Waals surface area contributed by atoms with E-state index in [0.29, 0.717) is 26.4 Å². The van der Waals surface area contributed by atoms with Crippen molar-refractivity contribution < 1.29 is 19.1 Å². The summed E-state index contributed by atoms with van der Waals surface area (Å²) in [7, 11) is 0. The molecule has 0 aliphatic carbocycles. The zero-order valence-electron chi connectivity index (χ0n) is 15.1. The molecule has 1 aromatic heterocycles. The second kappa shape index (κ2) is 8.53. The number of hydrogen-bond acceptors (Lipinski definition) is 6. The van der Waals surface area contributed by atoms with Crippen molar-refractivity contribution in [3.63, 3.8) is 0 Å². The summed E-state index contributed by atoms with van der Waals surface area (Å²) in [5.74, 6) is -1.47. The number of nitrogens with one attached hydrogen (secondary N) is 1. The van der Waals surface area contributed by atoms with Gasteiger partial charge < -0.3 is 15.0 Å². The number of benzene rings is 1. The lowest BCUT2D eigenvalue weighted by molar-refractivity contribution is -0.122. The van der Waals surface area contributed by atoms with Crippen LogP contribution in [0.25, 0.3) is 0 Å². The van der Waals surface area contributed by atoms with Gasteiger partial charge in [-0.15, -0.1) is 0 Å². The molecule has 9 heteroatoms. The standard InChI is InChI=1S/C19H18ClN3O4S/c1-3-8-27-18(26)16-11(2)21-19(28-16)22-17(25)12-9-15(24)23(10-12)14-6-4-13(20)5-7-14/h3-7,12H,1,8-10H2,2H3,(H,21,22,25). The van der Waals surface area contributed by atoms with Crippen LogP contribution in [0.4, 0.5) is 10.8 Å². The van der Waals surface area contributed by atoms with Crippen LogP contribution in [0.15, 0.2) is 36.9 Å². The van der Waals surface area contributed by atoms with Gasteiger partial charge in [0.2, 0.25) is 11.8 Å². The molecule has 2 aromatic rings. The van der Waals surface area contributed by atoms with Crippen LogP contribution in [-0.4, -0.2) is 35.9 Å². The summed E-state index contributed by atoms with van der Waals surface area (Å²) >= 11 is 6.92. The Kier molecular flexibility index (Phi) is 6.11. The number of halogens is 1. The van der Waals surface area contributed by atoms with Crippen LogP contribution in [0.1, 0.15) is 21.8 Å². The van der Waals surface area contributed by atoms with E-state index in [9.17, 15) is 14.4 Å². The lowest BCUT2D eigenvalue weighted by Crippen LogP contribution is -2.28. The summed E-state index contributed by atoms with van der Waals surface area (Å²) in [6.45, 7) is 5.52. The SMILES string of the molecule is C=CCOC(=O)c1sc(NC(=O)C2CC(=O)N(c3ccc(Cl)cc3)C2)nc1C. The van der Waals surface area contributed by atoms with Crippen molar-refractivity contribution in [3.05, 3.63) is 52.5 Å². The summed E-state index contributed by atoms with van der Waals surface area (Å²) in [5, 5.41) is 3.57. The Hall–Kier alpha value is -2.71. The van der Waals surface area contributed by atoms with E-state index < -0.39 is 11.9 Å². The molecule has 0 radical (unpaired) electrons. The molecular formula is C19H18ClN3O4S. The fourth-order valence-corrected chi connectivity index (χ4v) is 3.79. The van der Waals surface area contributed by atoms with Gasteiger partial charge in [-0.1, -0.05) is 35.6 Å². The molecule has 1 N–H and O–H groups in total. The van der Waals surface area contributed by atoms with Crippen LogP contribution >= 0.6 is 22.9 Å². The fraction of sp³-hybridized carbons (Fsp3) is 0.263. The Morgan fingerprint density at radius 1 is 1.43 bits per heavy atom. The molecule has 7 nitrogen and oxygen atoms in total. The fourth-order valence-electron chi connectivity index (χ4n) is 2.80. The second-order valence-electron chi connectivity index (χ2n) is 6.19. The van der Waals surface area contributed by atoms with Gasteiger partial charge in [0.1, 0.15) is 11.5 Å². The number of aromatic nitrogens is 1. The topological polar surface area (TPSA) is 88.6 Å². The molecule has 1 unspecified atom stereocenters. The van der Waals surface area contributed by atoms with Gasteiger partial charge in [-0.05, 0) is 31.2 Å². The average Bonchev–Trinajstić information content (AvgIpc) is 3.23. The van der Waals surface area contributed by atoms with E-state index in [1.54, 1.807) is 36.1 Å². The summed E-state index contributed by atoms with van der Waals surface area (Å²) in [6.07, 6.45) is 1.58. The summed E-state index contributed by atoms with van der Waals surface area (Å²) < 4.78 is 5.00. The monoisotopic (exact) mass is 419 g/mol. The molecule has 0 saturated carbocycles. The Morgan fingerprint density at radius 3 is 2.82 bits per heavy atom. The number of carbonyl (C=O) groups excluding carboxylic acids is 3. The van der Waals surface area contributed by atoms with Crippen molar-refractivity contribution in [2.75, 3.05) is 23.4 Å². The normalized spacial score (nSPS) is 16.1. The van der Waals surface area contributed by atoms with Gasteiger partial charge in [0.25, 0.3) is 0 Å². The third-order valence-corrected chi connectivity index (χ3v) is 5.48. The van der Waals surface area contributed by atoms with Gasteiger partial charge in [0.05, 0.1) is 11.6 Å². The van der Waals surface area contributed by atoms with E-state index in [1.807, 2.05) is 0 Å². The number of nitrogens with zero attached hydrogens (tertiary/aromatic N) is 2. The molecule has 28 heavy (non-hydrogen) atoms. The molecule has 0 spiro atoms. The number of thiazole rings is 1. The number of hydrogen-bond donors (Lipinski definition) is 1. The maximum atomic E-state index is 12.6. The van der Waals surface area contributed by atoms with Gasteiger partial charge in [0.15, 0.2) is 5.13 Å². The highest BCUT2D eigenvalue weighted by Gasteiger charge is 2.35. The van der Waals surface area contributed by atoms with Crippen LogP contribution in [0.5, 0.6) is 0 Å². The highest BCUT2D eigenvalue weighted by atomic mass is 35.5. The molecule has 1 atom stereocenters. The van der Waals surface area contributed by atoms with Crippen molar-refractivity contribution in [2.24, 2.45) is 5.92 Å². The average molecular weight is 420 g/mol. The van der Waals surface area contributed by atoms with Gasteiger partial charge in [0, 0.05) is 23.7 Å². The molecule has 1 aromatic carbocycles. The van der Waals surface area contributed by atoms with Crippen LogP contribution in [0, 0.1) is 12.8 Å². The van der Waals surface area contributed by atoms with E-state index in [4.69, 9.17) is 16.3 Å². The predicted molar refractivity (Wildman–Crippen MR) is 108 cm³/mol. The maximum absolute atomic E-state index is 12.6. The Bertz CT molecular complexity index is 926. The number of aryl methyl sites for hydroxylation is 1. The Labute approximate surface area is 171 Å². The lowest BCUT2D eigenvalue weighted by Gasteiger charge is -2.16. The van der Waals surface area contributed by atoms with E-state index in [-0.39, 0.29) is 31.4 Å². The van der Waals surface area contributed by atoms with Gasteiger partial charge in [-0.2, -0.15) is 0 Å². The molecule has 2 heterocycles. The van der Waals surface area contributed by atoms with Crippen molar-refractivity contribution >= 4 is 51.5 Å². The molecule has 2 amide bonds. The summed E-state index contributed by atoms with van der Waals surface area (Å²) in [5.41, 5.74) is 1.17. The molecule has 1 saturated heterocycles. The van der Waals surface area contributed by atoms with E-state index in [2.05, 4.69) is 16.9 Å². The Morgan fingerprint density at radius 2 is 2.14 bits per heavy atom. The number of carbonyl (C=O) groups is 3. The molecule has 1 fully saturated rings. The molecule has 1 aliphatic heterocycles. The van der Waals surface area contributed by atoms with Crippen molar-refractivity contribution in [1.29, 1.82) is 0 Å². The number of rotatable bonds is 6. The van der Waals surface area contributed by atoms with Crippen LogP contribution < -0.4 is 10.2 Å². The smallest absolute Gasteiger partial charge is 0.350 e. The first-order valence-electron chi connectivity index (χ1n) is 8.51. The van der Waals surface area contributed by atoms with Crippen LogP contribution in [-0.2, 0) is 14.3 Å². The van der Waals surface area contributed by atoms with Crippen molar-refractivity contribution in [3.8, 4) is 0 Å². The summed E-state index contributed by atoms with van der Waals surface area (Å²) in [4.78, 5) is 42.9. The highest BCUT2D eigenvalue weighted by molar-refractivity contribution is 7.17. The lowest BCUT2D eigenvalue weighted by atomic mass is 10.1. The zero-order chi connectivity index (χ0) is 20.3.